The molecule has 0 saturated carbocycles. The van der Waals surface area contributed by atoms with Gasteiger partial charge >= 0.3 is 5.97 Å². The number of carboxylic acid groups (broad SMARTS) is 1. The molecule has 1 aliphatic heterocycles. The van der Waals surface area contributed by atoms with Crippen molar-refractivity contribution in [3.8, 4) is 0 Å². The van der Waals surface area contributed by atoms with Gasteiger partial charge in [-0.2, -0.15) is 0 Å². The van der Waals surface area contributed by atoms with Crippen LogP contribution in [0.1, 0.15) is 35.5 Å². The monoisotopic (exact) mass is 355 g/mol. The van der Waals surface area contributed by atoms with Gasteiger partial charge in [-0.25, -0.2) is 4.98 Å². The molecule has 0 aromatic carbocycles. The minimum Gasteiger partial charge on any atom is -0.480 e. The number of amides is 1. The number of rotatable bonds is 5. The molecule has 1 N–H and O–H groups in total. The van der Waals surface area contributed by atoms with Crippen molar-refractivity contribution < 1.29 is 19.4 Å². The average Bonchev–Trinajstić information content (AvgIpc) is 2.95. The molecule has 2 heterocycles. The zero-order valence-corrected chi connectivity index (χ0v) is 15.4. The lowest BCUT2D eigenvalue weighted by Gasteiger charge is -2.34. The van der Waals surface area contributed by atoms with Crippen LogP contribution in [-0.2, 0) is 14.9 Å². The summed E-state index contributed by atoms with van der Waals surface area (Å²) in [6.45, 7) is 8.12. The fourth-order valence-electron chi connectivity index (χ4n) is 2.53. The summed E-state index contributed by atoms with van der Waals surface area (Å²) >= 11 is 1.43. The van der Waals surface area contributed by atoms with E-state index in [9.17, 15) is 9.59 Å². The smallest absolute Gasteiger partial charge is 0.317 e. The summed E-state index contributed by atoms with van der Waals surface area (Å²) in [4.78, 5) is 31.9. The lowest BCUT2D eigenvalue weighted by atomic mass is 9.98. The maximum Gasteiger partial charge on any atom is 0.317 e. The summed E-state index contributed by atoms with van der Waals surface area (Å²) in [5.74, 6) is -0.905. The molecule has 8 heteroatoms. The van der Waals surface area contributed by atoms with Crippen molar-refractivity contribution in [2.45, 2.75) is 32.3 Å². The molecular formula is C16H25N3O4S. The van der Waals surface area contributed by atoms with E-state index in [0.29, 0.717) is 31.1 Å². The SMILES string of the molecule is CN(CC(=O)O)C[C@@H]1CN(C(=O)c2cnc(C(C)(C)C)s2)CCO1. The van der Waals surface area contributed by atoms with Crippen LogP contribution in [0.25, 0.3) is 0 Å². The van der Waals surface area contributed by atoms with Gasteiger partial charge in [0.1, 0.15) is 4.88 Å². The molecule has 134 valence electrons. The number of carboxylic acids is 1. The highest BCUT2D eigenvalue weighted by Gasteiger charge is 2.28. The van der Waals surface area contributed by atoms with Gasteiger partial charge in [0.2, 0.25) is 0 Å². The molecule has 1 atom stereocenters. The van der Waals surface area contributed by atoms with Gasteiger partial charge in [0.25, 0.3) is 5.91 Å². The van der Waals surface area contributed by atoms with Gasteiger partial charge in [-0.1, -0.05) is 20.8 Å². The number of aliphatic carboxylic acids is 1. The Balaban J connectivity index is 1.97. The summed E-state index contributed by atoms with van der Waals surface area (Å²) < 4.78 is 5.67. The molecular weight excluding hydrogens is 330 g/mol. The second-order valence-corrected chi connectivity index (χ2v) is 8.14. The van der Waals surface area contributed by atoms with Gasteiger partial charge in [-0.05, 0) is 7.05 Å². The Bertz CT molecular complexity index is 596. The molecule has 24 heavy (non-hydrogen) atoms. The number of carbonyl (C=O) groups excluding carboxylic acids is 1. The minimum atomic E-state index is -0.874. The number of thiazole rings is 1. The van der Waals surface area contributed by atoms with Gasteiger partial charge in [-0.15, -0.1) is 11.3 Å². The van der Waals surface area contributed by atoms with E-state index in [0.717, 1.165) is 5.01 Å². The first-order chi connectivity index (χ1) is 11.2. The van der Waals surface area contributed by atoms with Gasteiger partial charge in [-0.3, -0.25) is 14.5 Å². The van der Waals surface area contributed by atoms with Crippen molar-refractivity contribution in [2.75, 3.05) is 39.8 Å². The largest absolute Gasteiger partial charge is 0.480 e. The quantitative estimate of drug-likeness (QED) is 0.857. The molecule has 0 bridgehead atoms. The van der Waals surface area contributed by atoms with E-state index in [4.69, 9.17) is 9.84 Å². The Morgan fingerprint density at radius 2 is 2.21 bits per heavy atom. The lowest BCUT2D eigenvalue weighted by Crippen LogP contribution is -2.49. The molecule has 1 aromatic heterocycles. The number of carbonyl (C=O) groups is 2. The van der Waals surface area contributed by atoms with Crippen LogP contribution in [0.15, 0.2) is 6.20 Å². The van der Waals surface area contributed by atoms with Gasteiger partial charge in [0, 0.05) is 25.0 Å². The lowest BCUT2D eigenvalue weighted by molar-refractivity contribution is -0.138. The Morgan fingerprint density at radius 3 is 2.79 bits per heavy atom. The van der Waals surface area contributed by atoms with E-state index < -0.39 is 5.97 Å². The molecule has 1 saturated heterocycles. The summed E-state index contributed by atoms with van der Waals surface area (Å²) in [5.41, 5.74) is -0.0731. The molecule has 0 radical (unpaired) electrons. The van der Waals surface area contributed by atoms with Crippen molar-refractivity contribution in [1.82, 2.24) is 14.8 Å². The molecule has 7 nitrogen and oxygen atoms in total. The van der Waals surface area contributed by atoms with Gasteiger partial charge in [0.15, 0.2) is 0 Å². The van der Waals surface area contributed by atoms with Crippen LogP contribution >= 0.6 is 11.3 Å². The molecule has 1 aliphatic rings. The average molecular weight is 355 g/mol. The number of likely N-dealkylation sites (N-methyl/N-ethyl adjacent to an activating group) is 1. The highest BCUT2D eigenvalue weighted by atomic mass is 32.1. The first-order valence-electron chi connectivity index (χ1n) is 7.94. The molecule has 1 aromatic rings. The topological polar surface area (TPSA) is 83.0 Å². The summed E-state index contributed by atoms with van der Waals surface area (Å²) in [6, 6.07) is 0. The highest BCUT2D eigenvalue weighted by Crippen LogP contribution is 2.27. The minimum absolute atomic E-state index is 0.0304. The number of aromatic nitrogens is 1. The van der Waals surface area contributed by atoms with E-state index in [2.05, 4.69) is 25.8 Å². The second-order valence-electron chi connectivity index (χ2n) is 7.11. The van der Waals surface area contributed by atoms with Crippen molar-refractivity contribution in [2.24, 2.45) is 0 Å². The fraction of sp³-hybridized carbons (Fsp3) is 0.688. The van der Waals surface area contributed by atoms with Crippen molar-refractivity contribution in [1.29, 1.82) is 0 Å². The zero-order valence-electron chi connectivity index (χ0n) is 14.6. The van der Waals surface area contributed by atoms with E-state index in [1.807, 2.05) is 0 Å². The van der Waals surface area contributed by atoms with E-state index in [1.54, 1.807) is 23.0 Å². The Morgan fingerprint density at radius 1 is 1.50 bits per heavy atom. The molecule has 1 fully saturated rings. The number of nitrogens with zero attached hydrogens (tertiary/aromatic N) is 3. The number of hydrogen-bond acceptors (Lipinski definition) is 6. The van der Waals surface area contributed by atoms with Gasteiger partial charge in [0.05, 0.1) is 30.5 Å². The summed E-state index contributed by atoms with van der Waals surface area (Å²) in [7, 11) is 1.73. The standard InChI is InChI=1S/C16H25N3O4S/c1-16(2,3)15-17-7-12(24-15)14(22)19-5-6-23-11(9-19)8-18(4)10-13(20)21/h7,11H,5-6,8-10H2,1-4H3,(H,20,21)/t11-/m1/s1. The maximum atomic E-state index is 12.7. The predicted octanol–water partition coefficient (Wildman–Crippen LogP) is 1.30. The maximum absolute atomic E-state index is 12.7. The third-order valence-electron chi connectivity index (χ3n) is 3.70. The first kappa shape index (κ1) is 18.8. The molecule has 0 spiro atoms. The van der Waals surface area contributed by atoms with Gasteiger partial charge < -0.3 is 14.7 Å². The van der Waals surface area contributed by atoms with Crippen LogP contribution in [0.3, 0.4) is 0 Å². The first-order valence-corrected chi connectivity index (χ1v) is 8.76. The van der Waals surface area contributed by atoms with Crippen LogP contribution in [-0.4, -0.2) is 77.7 Å². The second kappa shape index (κ2) is 7.58. The third-order valence-corrected chi connectivity index (χ3v) is 5.12. The number of hydrogen-bond donors (Lipinski definition) is 1. The van der Waals surface area contributed by atoms with E-state index in [-0.39, 0.29) is 24.0 Å². The van der Waals surface area contributed by atoms with Crippen LogP contribution in [0.5, 0.6) is 0 Å². The van der Waals surface area contributed by atoms with Crippen LogP contribution in [0.4, 0.5) is 0 Å². The highest BCUT2D eigenvalue weighted by molar-refractivity contribution is 7.13. The number of morpholine rings is 1. The zero-order chi connectivity index (χ0) is 17.9. The predicted molar refractivity (Wildman–Crippen MR) is 91.6 cm³/mol. The van der Waals surface area contributed by atoms with Crippen molar-refractivity contribution in [3.63, 3.8) is 0 Å². The fourth-order valence-corrected chi connectivity index (χ4v) is 3.47. The van der Waals surface area contributed by atoms with E-state index >= 15 is 0 Å². The molecule has 2 rings (SSSR count). The normalized spacial score (nSPS) is 18.9. The van der Waals surface area contributed by atoms with Crippen molar-refractivity contribution >= 4 is 23.2 Å². The Hall–Kier alpha value is -1.51. The molecule has 0 unspecified atom stereocenters. The van der Waals surface area contributed by atoms with Crippen LogP contribution in [0, 0.1) is 0 Å². The Kier molecular flexibility index (Phi) is 5.95. The Labute approximate surface area is 146 Å². The van der Waals surface area contributed by atoms with E-state index in [1.165, 1.54) is 11.3 Å². The summed E-state index contributed by atoms with van der Waals surface area (Å²) in [5, 5.41) is 9.76. The summed E-state index contributed by atoms with van der Waals surface area (Å²) in [6.07, 6.45) is 1.47. The van der Waals surface area contributed by atoms with Crippen LogP contribution < -0.4 is 0 Å². The van der Waals surface area contributed by atoms with Crippen molar-refractivity contribution in [3.05, 3.63) is 16.1 Å². The van der Waals surface area contributed by atoms with Crippen LogP contribution in [0.2, 0.25) is 0 Å². The third kappa shape index (κ3) is 4.99. The number of ether oxygens (including phenoxy) is 1. The molecule has 0 aliphatic carbocycles. The molecule has 1 amide bonds.